The number of hydrogen-bond acceptors (Lipinski definition) is 6. The summed E-state index contributed by atoms with van der Waals surface area (Å²) in [5, 5.41) is 16.8. The number of rotatable bonds is 3. The van der Waals surface area contributed by atoms with E-state index >= 15 is 0 Å². The number of β-amino-alcohol motifs (C(OH)–C–C–N with tert-alkyl or cyclic N) is 1. The van der Waals surface area contributed by atoms with Crippen molar-refractivity contribution in [2.24, 2.45) is 0 Å². The number of amides is 1. The fourth-order valence-electron chi connectivity index (χ4n) is 3.18. The smallest absolute Gasteiger partial charge is 0.265 e. The molecule has 2 bridgehead atoms. The van der Waals surface area contributed by atoms with Gasteiger partial charge in [-0.25, -0.2) is 22.7 Å². The third-order valence-corrected chi connectivity index (χ3v) is 4.92. The maximum absolute atomic E-state index is 14.5. The highest BCUT2D eigenvalue weighted by Crippen LogP contribution is 2.37. The fourth-order valence-corrected chi connectivity index (χ4v) is 3.18. The average Bonchev–Trinajstić information content (AvgIpc) is 3.18. The Morgan fingerprint density at radius 2 is 2.16 bits per heavy atom. The van der Waals surface area contributed by atoms with E-state index in [1.54, 1.807) is 0 Å². The number of benzene rings is 1. The van der Waals surface area contributed by atoms with E-state index in [2.05, 4.69) is 15.4 Å². The van der Waals surface area contributed by atoms with Gasteiger partial charge in [0.25, 0.3) is 11.8 Å². The minimum Gasteiger partial charge on any atom is -0.489 e. The molecule has 0 fully saturated rings. The lowest BCUT2D eigenvalue weighted by Gasteiger charge is -2.29. The van der Waals surface area contributed by atoms with Crippen LogP contribution < -0.4 is 15.0 Å². The summed E-state index contributed by atoms with van der Waals surface area (Å²) >= 11 is 0. The number of hydrogen-bond donors (Lipinski definition) is 2. The molecule has 2 aromatic heterocycles. The average molecular weight is 435 g/mol. The lowest BCUT2D eigenvalue weighted by Crippen LogP contribution is -2.35. The van der Waals surface area contributed by atoms with Crippen LogP contribution in [0.25, 0.3) is 5.65 Å². The summed E-state index contributed by atoms with van der Waals surface area (Å²) in [6.07, 6.45) is 1.23. The number of anilines is 2. The van der Waals surface area contributed by atoms with Gasteiger partial charge in [0, 0.05) is 25.2 Å². The van der Waals surface area contributed by atoms with Gasteiger partial charge in [0.2, 0.25) is 0 Å². The summed E-state index contributed by atoms with van der Waals surface area (Å²) in [5.41, 5.74) is 0.264. The van der Waals surface area contributed by atoms with Gasteiger partial charge in [-0.3, -0.25) is 4.79 Å². The first-order valence-corrected chi connectivity index (χ1v) is 9.66. The Morgan fingerprint density at radius 1 is 1.35 bits per heavy atom. The summed E-state index contributed by atoms with van der Waals surface area (Å²) < 4.78 is 50.0. The van der Waals surface area contributed by atoms with Gasteiger partial charge in [-0.2, -0.15) is 5.10 Å². The molecule has 0 aliphatic carbocycles. The summed E-state index contributed by atoms with van der Waals surface area (Å²) in [6, 6.07) is 4.94. The van der Waals surface area contributed by atoms with Crippen molar-refractivity contribution in [1.82, 2.24) is 19.9 Å². The Bertz CT molecular complexity index is 1120. The number of carbonyl (C=O) groups is 1. The molecule has 1 unspecified atom stereocenters. The van der Waals surface area contributed by atoms with Crippen molar-refractivity contribution in [2.45, 2.75) is 25.4 Å². The first kappa shape index (κ1) is 20.9. The van der Waals surface area contributed by atoms with E-state index in [4.69, 9.17) is 4.74 Å². The lowest BCUT2D eigenvalue weighted by atomic mass is 10.2. The van der Waals surface area contributed by atoms with Crippen LogP contribution in [-0.4, -0.2) is 57.3 Å². The zero-order chi connectivity index (χ0) is 22.2. The molecule has 0 saturated heterocycles. The summed E-state index contributed by atoms with van der Waals surface area (Å²) in [6.45, 7) is 0.177. The Morgan fingerprint density at radius 3 is 2.94 bits per heavy atom. The minimum absolute atomic E-state index is 0.0248. The van der Waals surface area contributed by atoms with Gasteiger partial charge in [-0.1, -0.05) is 6.92 Å². The van der Waals surface area contributed by atoms with E-state index in [0.717, 1.165) is 17.0 Å². The van der Waals surface area contributed by atoms with Crippen LogP contribution in [0.3, 0.4) is 0 Å². The third-order valence-electron chi connectivity index (χ3n) is 4.92. The van der Waals surface area contributed by atoms with Crippen LogP contribution in [0.1, 0.15) is 23.7 Å². The molecule has 0 radical (unpaired) electrons. The molecule has 0 saturated carbocycles. The Hall–Kier alpha value is -3.34. The predicted octanol–water partition coefficient (Wildman–Crippen LogP) is 2.53. The van der Waals surface area contributed by atoms with Gasteiger partial charge in [0.15, 0.2) is 5.65 Å². The molecule has 4 rings (SSSR count). The van der Waals surface area contributed by atoms with E-state index in [-0.39, 0.29) is 41.6 Å². The van der Waals surface area contributed by atoms with Crippen molar-refractivity contribution in [2.75, 3.05) is 24.6 Å². The van der Waals surface area contributed by atoms with Gasteiger partial charge in [-0.15, -0.1) is 0 Å². The van der Waals surface area contributed by atoms with Crippen molar-refractivity contribution >= 4 is 23.1 Å². The summed E-state index contributed by atoms with van der Waals surface area (Å²) in [7, 11) is 0. The third kappa shape index (κ3) is 4.26. The number of halogens is 3. The Labute approximate surface area is 175 Å². The van der Waals surface area contributed by atoms with Crippen molar-refractivity contribution < 1.29 is 27.8 Å². The second kappa shape index (κ2) is 8.06. The van der Waals surface area contributed by atoms with Crippen LogP contribution in [0.5, 0.6) is 5.75 Å². The van der Waals surface area contributed by atoms with Gasteiger partial charge < -0.3 is 20.1 Å². The largest absolute Gasteiger partial charge is 0.489 e. The number of nitrogens with one attached hydrogen (secondary N) is 1. The molecule has 1 aliphatic rings. The predicted molar refractivity (Wildman–Crippen MR) is 105 cm³/mol. The number of fused-ring (bicyclic) bond motifs is 2. The first-order chi connectivity index (χ1) is 14.8. The number of ether oxygens (including phenoxy) is 1. The zero-order valence-electron chi connectivity index (χ0n) is 16.6. The second-order valence-corrected chi connectivity index (χ2v) is 7.19. The van der Waals surface area contributed by atoms with E-state index < -0.39 is 36.7 Å². The number of aliphatic hydroxyl groups excluding tert-OH is 1. The monoisotopic (exact) mass is 435 g/mol. The molecule has 1 atom stereocenters. The van der Waals surface area contributed by atoms with Crippen molar-refractivity contribution in [3.05, 3.63) is 48.0 Å². The fraction of sp³-hybridized carbons (Fsp3) is 0.350. The summed E-state index contributed by atoms with van der Waals surface area (Å²) in [5.74, 6) is -4.16. The Balaban J connectivity index is 1.93. The van der Waals surface area contributed by atoms with Crippen LogP contribution in [0.4, 0.5) is 24.7 Å². The standard InChI is InChI=1S/C20H20F3N5O3/c1-2-20(22,23)11-27-15-7-12(21)3-4-16(15)31-10-13(29)8-24-19(30)14-9-25-28-6-5-17(27)26-18(14)28/h3-7,9,13,29H,2,8,10-11H2,1H3,(H,24,30). The molecule has 8 nitrogen and oxygen atoms in total. The maximum atomic E-state index is 14.5. The van der Waals surface area contributed by atoms with E-state index in [0.29, 0.717) is 0 Å². The zero-order valence-corrected chi connectivity index (χ0v) is 16.6. The highest BCUT2D eigenvalue weighted by molar-refractivity contribution is 5.99. The lowest BCUT2D eigenvalue weighted by molar-refractivity contribution is 0.00702. The maximum Gasteiger partial charge on any atom is 0.265 e. The number of alkyl halides is 2. The van der Waals surface area contributed by atoms with E-state index in [9.17, 15) is 23.1 Å². The molecule has 0 spiro atoms. The van der Waals surface area contributed by atoms with Crippen molar-refractivity contribution in [3.8, 4) is 5.75 Å². The van der Waals surface area contributed by atoms with Gasteiger partial charge in [0.05, 0.1) is 18.4 Å². The van der Waals surface area contributed by atoms with E-state index in [1.807, 2.05) is 0 Å². The van der Waals surface area contributed by atoms with E-state index in [1.165, 1.54) is 36.0 Å². The SMILES string of the molecule is CCC(F)(F)CN1c2ccn3ncc(c3n2)C(=O)NCC(O)COc2ccc(F)cc21. The highest BCUT2D eigenvalue weighted by atomic mass is 19.3. The first-order valence-electron chi connectivity index (χ1n) is 9.66. The molecular weight excluding hydrogens is 415 g/mol. The number of nitrogens with zero attached hydrogens (tertiary/aromatic N) is 4. The molecule has 11 heteroatoms. The molecule has 3 aromatic rings. The van der Waals surface area contributed by atoms with Gasteiger partial charge in [-0.05, 0) is 18.2 Å². The highest BCUT2D eigenvalue weighted by Gasteiger charge is 2.33. The Kier molecular flexibility index (Phi) is 5.44. The van der Waals surface area contributed by atoms with Gasteiger partial charge >= 0.3 is 0 Å². The number of aromatic nitrogens is 3. The van der Waals surface area contributed by atoms with Crippen LogP contribution in [-0.2, 0) is 0 Å². The topological polar surface area (TPSA) is 92.0 Å². The van der Waals surface area contributed by atoms with Crippen LogP contribution in [0.2, 0.25) is 0 Å². The molecule has 1 amide bonds. The molecule has 3 heterocycles. The molecular formula is C20H20F3N5O3. The van der Waals surface area contributed by atoms with Crippen LogP contribution >= 0.6 is 0 Å². The number of carbonyl (C=O) groups excluding carboxylic acids is 1. The second-order valence-electron chi connectivity index (χ2n) is 7.19. The summed E-state index contributed by atoms with van der Waals surface area (Å²) in [4.78, 5) is 18.0. The minimum atomic E-state index is -3.12. The molecule has 164 valence electrons. The van der Waals surface area contributed by atoms with Crippen LogP contribution in [0.15, 0.2) is 36.7 Å². The van der Waals surface area contributed by atoms with Crippen molar-refractivity contribution in [3.63, 3.8) is 0 Å². The normalized spacial score (nSPS) is 17.4. The number of aliphatic hydroxyl groups is 1. The molecule has 31 heavy (non-hydrogen) atoms. The molecule has 2 N–H and O–H groups in total. The molecule has 1 aliphatic heterocycles. The molecule has 1 aromatic carbocycles. The van der Waals surface area contributed by atoms with Gasteiger partial charge in [0.1, 0.15) is 35.7 Å². The van der Waals surface area contributed by atoms with Crippen LogP contribution in [0, 0.1) is 5.82 Å². The van der Waals surface area contributed by atoms with Crippen molar-refractivity contribution in [1.29, 1.82) is 0 Å². The quantitative estimate of drug-likeness (QED) is 0.657.